The summed E-state index contributed by atoms with van der Waals surface area (Å²) in [6.45, 7) is 0. The minimum atomic E-state index is -0.351. The van der Waals surface area contributed by atoms with Crippen molar-refractivity contribution < 1.29 is 0 Å². The van der Waals surface area contributed by atoms with E-state index in [2.05, 4.69) is 158 Å². The van der Waals surface area contributed by atoms with Crippen LogP contribution < -0.4 is 0 Å². The summed E-state index contributed by atoms with van der Waals surface area (Å²) in [5.74, 6) is 0. The van der Waals surface area contributed by atoms with E-state index < -0.39 is 0 Å². The molecule has 0 amide bonds. The molecule has 0 bridgehead atoms. The van der Waals surface area contributed by atoms with Gasteiger partial charge in [0.1, 0.15) is 0 Å². The first-order valence-electron chi connectivity index (χ1n) is 13.3. The van der Waals surface area contributed by atoms with Gasteiger partial charge in [-0.2, -0.15) is 0 Å². The lowest BCUT2D eigenvalue weighted by molar-refractivity contribution is 0.767. The van der Waals surface area contributed by atoms with Crippen LogP contribution in [0.5, 0.6) is 0 Å². The minimum absolute atomic E-state index is 0.351. The lowest BCUT2D eigenvalue weighted by Gasteiger charge is -2.34. The fraction of sp³-hybridized carbons (Fsp3) is 0.0526. The number of fused-ring (bicyclic) bond motifs is 3. The second kappa shape index (κ2) is 9.32. The van der Waals surface area contributed by atoms with Gasteiger partial charge in [-0.3, -0.25) is 0 Å². The van der Waals surface area contributed by atoms with Crippen LogP contribution in [0.15, 0.2) is 158 Å². The summed E-state index contributed by atoms with van der Waals surface area (Å²) in [5, 5.41) is 0. The number of hydrogen-bond donors (Lipinski definition) is 0. The molecule has 0 radical (unpaired) electrons. The van der Waals surface area contributed by atoms with Crippen LogP contribution in [0.1, 0.15) is 33.4 Å². The fourth-order valence-corrected chi connectivity index (χ4v) is 6.33. The van der Waals surface area contributed by atoms with Crippen molar-refractivity contribution in [3.8, 4) is 22.3 Å². The molecule has 0 fully saturated rings. The molecule has 1 aliphatic carbocycles. The molecular formula is C38H28. The molecule has 180 valence electrons. The molecule has 0 atom stereocenters. The minimum Gasteiger partial charge on any atom is -0.0622 e. The summed E-state index contributed by atoms with van der Waals surface area (Å²) in [6, 6.07) is 57.7. The smallest absolute Gasteiger partial charge is 0.0622 e. The Morgan fingerprint density at radius 2 is 0.921 bits per heavy atom. The van der Waals surface area contributed by atoms with Crippen molar-refractivity contribution >= 4 is 0 Å². The van der Waals surface area contributed by atoms with E-state index in [0.29, 0.717) is 0 Å². The van der Waals surface area contributed by atoms with Gasteiger partial charge in [0.15, 0.2) is 0 Å². The van der Waals surface area contributed by atoms with E-state index in [1.165, 1.54) is 55.6 Å². The molecule has 0 heterocycles. The van der Waals surface area contributed by atoms with Gasteiger partial charge in [-0.05, 0) is 62.1 Å². The molecule has 0 nitrogen and oxygen atoms in total. The zero-order valence-corrected chi connectivity index (χ0v) is 21.2. The average molecular weight is 485 g/mol. The van der Waals surface area contributed by atoms with Gasteiger partial charge in [-0.25, -0.2) is 0 Å². The van der Waals surface area contributed by atoms with Gasteiger partial charge >= 0.3 is 0 Å². The lowest BCUT2D eigenvalue weighted by atomic mass is 9.67. The normalized spacial score (nSPS) is 13.1. The molecule has 0 saturated carbocycles. The summed E-state index contributed by atoms with van der Waals surface area (Å²) in [6.07, 6.45) is 0.893. The first kappa shape index (κ1) is 22.5. The van der Waals surface area contributed by atoms with Gasteiger partial charge in [-0.1, -0.05) is 158 Å². The molecule has 0 unspecified atom stereocenters. The van der Waals surface area contributed by atoms with E-state index in [9.17, 15) is 0 Å². The zero-order valence-electron chi connectivity index (χ0n) is 21.2. The Morgan fingerprint density at radius 1 is 0.368 bits per heavy atom. The largest absolute Gasteiger partial charge is 0.0713 e. The second-order valence-corrected chi connectivity index (χ2v) is 10.2. The molecule has 0 saturated heterocycles. The lowest BCUT2D eigenvalue weighted by Crippen LogP contribution is -2.28. The number of rotatable bonds is 5. The molecule has 6 aromatic rings. The van der Waals surface area contributed by atoms with E-state index >= 15 is 0 Å². The van der Waals surface area contributed by atoms with Gasteiger partial charge in [0.05, 0.1) is 5.41 Å². The van der Waals surface area contributed by atoms with Gasteiger partial charge < -0.3 is 0 Å². The highest BCUT2D eigenvalue weighted by molar-refractivity contribution is 5.86. The third-order valence-electron chi connectivity index (χ3n) is 7.97. The highest BCUT2D eigenvalue weighted by Crippen LogP contribution is 2.56. The molecule has 1 aliphatic rings. The molecule has 0 aliphatic heterocycles. The Labute approximate surface area is 224 Å². The van der Waals surface area contributed by atoms with E-state index in [0.717, 1.165) is 6.42 Å². The highest BCUT2D eigenvalue weighted by Gasteiger charge is 2.45. The quantitative estimate of drug-likeness (QED) is 0.228. The van der Waals surface area contributed by atoms with Crippen molar-refractivity contribution in [1.29, 1.82) is 0 Å². The summed E-state index contributed by atoms with van der Waals surface area (Å²) >= 11 is 0. The van der Waals surface area contributed by atoms with Crippen LogP contribution >= 0.6 is 0 Å². The average Bonchev–Trinajstić information content (AvgIpc) is 3.29. The molecule has 0 spiro atoms. The van der Waals surface area contributed by atoms with Crippen molar-refractivity contribution in [2.24, 2.45) is 0 Å². The molecule has 0 N–H and O–H groups in total. The second-order valence-electron chi connectivity index (χ2n) is 10.2. The van der Waals surface area contributed by atoms with Crippen LogP contribution in [0.2, 0.25) is 0 Å². The maximum atomic E-state index is 2.46. The van der Waals surface area contributed by atoms with Crippen LogP contribution in [0.3, 0.4) is 0 Å². The standard InChI is InChI=1S/C38H28/c1-4-14-30(15-5-1)31-16-12-13-28(26-31)25-29-23-24-35-34-21-10-11-22-36(34)38(37(35)27-29,32-17-6-2-7-18-32)33-19-8-3-9-20-33/h1-24,26-27H,25H2. The van der Waals surface area contributed by atoms with Crippen LogP contribution in [-0.2, 0) is 11.8 Å². The summed E-state index contributed by atoms with van der Waals surface area (Å²) in [4.78, 5) is 0. The van der Waals surface area contributed by atoms with Crippen molar-refractivity contribution in [2.75, 3.05) is 0 Å². The third-order valence-corrected chi connectivity index (χ3v) is 7.97. The summed E-state index contributed by atoms with van der Waals surface area (Å²) < 4.78 is 0. The fourth-order valence-electron chi connectivity index (χ4n) is 6.33. The molecule has 0 aromatic heterocycles. The highest BCUT2D eigenvalue weighted by atomic mass is 14.5. The molecule has 7 rings (SSSR count). The first-order chi connectivity index (χ1) is 18.8. The molecule has 0 heteroatoms. The Hall–Kier alpha value is -4.68. The Kier molecular flexibility index (Phi) is 5.52. The van der Waals surface area contributed by atoms with E-state index in [1.807, 2.05) is 0 Å². The van der Waals surface area contributed by atoms with E-state index in [-0.39, 0.29) is 5.41 Å². The van der Waals surface area contributed by atoms with Crippen molar-refractivity contribution in [1.82, 2.24) is 0 Å². The summed E-state index contributed by atoms with van der Waals surface area (Å²) in [7, 11) is 0. The van der Waals surface area contributed by atoms with Crippen molar-refractivity contribution in [2.45, 2.75) is 11.8 Å². The van der Waals surface area contributed by atoms with Gasteiger partial charge in [0, 0.05) is 0 Å². The predicted octanol–water partition coefficient (Wildman–Crippen LogP) is 9.31. The molecular weight excluding hydrogens is 456 g/mol. The summed E-state index contributed by atoms with van der Waals surface area (Å²) in [5.41, 5.74) is 12.8. The van der Waals surface area contributed by atoms with Crippen LogP contribution in [0.4, 0.5) is 0 Å². The van der Waals surface area contributed by atoms with Crippen molar-refractivity contribution in [3.05, 3.63) is 191 Å². The van der Waals surface area contributed by atoms with Crippen molar-refractivity contribution in [3.63, 3.8) is 0 Å². The monoisotopic (exact) mass is 484 g/mol. The predicted molar refractivity (Wildman–Crippen MR) is 158 cm³/mol. The van der Waals surface area contributed by atoms with Gasteiger partial charge in [0.2, 0.25) is 0 Å². The van der Waals surface area contributed by atoms with Gasteiger partial charge in [0.25, 0.3) is 0 Å². The van der Waals surface area contributed by atoms with E-state index in [4.69, 9.17) is 0 Å². The van der Waals surface area contributed by atoms with Crippen LogP contribution in [-0.4, -0.2) is 0 Å². The van der Waals surface area contributed by atoms with Crippen LogP contribution in [0.25, 0.3) is 22.3 Å². The maximum Gasteiger partial charge on any atom is 0.0713 e. The van der Waals surface area contributed by atoms with Gasteiger partial charge in [-0.15, -0.1) is 0 Å². The Balaban J connectivity index is 1.40. The number of hydrogen-bond acceptors (Lipinski definition) is 0. The Bertz CT molecular complexity index is 1670. The van der Waals surface area contributed by atoms with E-state index in [1.54, 1.807) is 0 Å². The molecule has 6 aromatic carbocycles. The first-order valence-corrected chi connectivity index (χ1v) is 13.3. The SMILES string of the molecule is c1ccc(-c2cccc(Cc3ccc4c(c3)C(c3ccccc3)(c3ccccc3)c3ccccc3-4)c2)cc1. The number of benzene rings is 6. The third kappa shape index (κ3) is 3.61. The van der Waals surface area contributed by atoms with Crippen LogP contribution in [0, 0.1) is 0 Å². The zero-order chi connectivity index (χ0) is 25.4. The molecule has 38 heavy (non-hydrogen) atoms. The Morgan fingerprint density at radius 3 is 1.63 bits per heavy atom. The maximum absolute atomic E-state index is 2.46. The topological polar surface area (TPSA) is 0 Å².